The lowest BCUT2D eigenvalue weighted by Crippen LogP contribution is -2.55. The van der Waals surface area contributed by atoms with Crippen LogP contribution in [0.2, 0.25) is 0 Å². The molecule has 3 aromatic carbocycles. The molecule has 0 spiro atoms. The van der Waals surface area contributed by atoms with Crippen LogP contribution in [0.3, 0.4) is 0 Å². The summed E-state index contributed by atoms with van der Waals surface area (Å²) >= 11 is 0. The fraction of sp³-hybridized carbons (Fsp3) is 0.143. The van der Waals surface area contributed by atoms with Crippen molar-refractivity contribution in [1.29, 1.82) is 0 Å². The van der Waals surface area contributed by atoms with Crippen molar-refractivity contribution in [3.05, 3.63) is 96.1 Å². The zero-order valence-electron chi connectivity index (χ0n) is 13.9. The van der Waals surface area contributed by atoms with Gasteiger partial charge in [0.25, 0.3) is 0 Å². The molecule has 1 nitrogen and oxygen atoms in total. The highest BCUT2D eigenvalue weighted by Gasteiger charge is 2.71. The predicted octanol–water partition coefficient (Wildman–Crippen LogP) is 5.79. The molecule has 0 heterocycles. The van der Waals surface area contributed by atoms with Gasteiger partial charge in [0.2, 0.25) is 0 Å². The van der Waals surface area contributed by atoms with E-state index in [1.807, 2.05) is 0 Å². The molecule has 0 aliphatic heterocycles. The third-order valence-corrected chi connectivity index (χ3v) is 4.39. The SMILES string of the molecule is OC(c1ccccc1)(c1cccc(-c2ccccc2)c1)C(F)(F)C(F)(F)F. The van der Waals surface area contributed by atoms with Crippen molar-refractivity contribution in [2.45, 2.75) is 17.7 Å². The van der Waals surface area contributed by atoms with Crippen LogP contribution in [0, 0.1) is 0 Å². The van der Waals surface area contributed by atoms with E-state index < -0.39 is 28.8 Å². The smallest absolute Gasteiger partial charge is 0.374 e. The first-order valence-corrected chi connectivity index (χ1v) is 8.06. The zero-order chi connectivity index (χ0) is 19.7. The minimum Gasteiger partial charge on any atom is -0.374 e. The summed E-state index contributed by atoms with van der Waals surface area (Å²) in [5.74, 6) is -5.41. The van der Waals surface area contributed by atoms with Crippen LogP contribution in [0.25, 0.3) is 11.1 Å². The number of hydrogen-bond acceptors (Lipinski definition) is 1. The topological polar surface area (TPSA) is 20.2 Å². The van der Waals surface area contributed by atoms with Gasteiger partial charge in [0, 0.05) is 0 Å². The molecule has 6 heteroatoms. The number of alkyl halides is 5. The molecule has 27 heavy (non-hydrogen) atoms. The Morgan fingerprint density at radius 2 is 1.04 bits per heavy atom. The molecule has 0 fully saturated rings. The van der Waals surface area contributed by atoms with Gasteiger partial charge in [-0.2, -0.15) is 22.0 Å². The Bertz CT molecular complexity index is 907. The Labute approximate surface area is 152 Å². The second-order valence-corrected chi connectivity index (χ2v) is 6.10. The first kappa shape index (κ1) is 19.0. The first-order chi connectivity index (χ1) is 12.7. The summed E-state index contributed by atoms with van der Waals surface area (Å²) in [6.07, 6.45) is -5.94. The second kappa shape index (κ2) is 6.78. The van der Waals surface area contributed by atoms with Gasteiger partial charge in [0.05, 0.1) is 0 Å². The fourth-order valence-electron chi connectivity index (χ4n) is 2.97. The second-order valence-electron chi connectivity index (χ2n) is 6.10. The molecule has 3 rings (SSSR count). The van der Waals surface area contributed by atoms with Gasteiger partial charge in [0.15, 0.2) is 5.60 Å². The van der Waals surface area contributed by atoms with Crippen LogP contribution in [0.5, 0.6) is 0 Å². The largest absolute Gasteiger partial charge is 0.457 e. The van der Waals surface area contributed by atoms with E-state index in [1.54, 1.807) is 36.4 Å². The predicted molar refractivity (Wildman–Crippen MR) is 92.3 cm³/mol. The van der Waals surface area contributed by atoms with Gasteiger partial charge in [-0.1, -0.05) is 78.9 Å². The molecule has 0 saturated carbocycles. The quantitative estimate of drug-likeness (QED) is 0.570. The summed E-state index contributed by atoms with van der Waals surface area (Å²) in [6, 6.07) is 19.9. The molecule has 0 radical (unpaired) electrons. The molecule has 1 atom stereocenters. The Balaban J connectivity index is 2.24. The van der Waals surface area contributed by atoms with Crippen molar-refractivity contribution in [3.8, 4) is 11.1 Å². The van der Waals surface area contributed by atoms with E-state index in [0.29, 0.717) is 11.1 Å². The monoisotopic (exact) mass is 378 g/mol. The molecule has 0 aliphatic rings. The Morgan fingerprint density at radius 3 is 1.59 bits per heavy atom. The van der Waals surface area contributed by atoms with Gasteiger partial charge in [0.1, 0.15) is 0 Å². The average molecular weight is 378 g/mol. The lowest BCUT2D eigenvalue weighted by Gasteiger charge is -2.37. The molecule has 0 aliphatic carbocycles. The summed E-state index contributed by atoms with van der Waals surface area (Å²) in [4.78, 5) is 0. The number of aliphatic hydroxyl groups is 1. The highest BCUT2D eigenvalue weighted by atomic mass is 19.4. The maximum Gasteiger partial charge on any atom is 0.457 e. The highest BCUT2D eigenvalue weighted by molar-refractivity contribution is 5.65. The van der Waals surface area contributed by atoms with Gasteiger partial charge in [-0.15, -0.1) is 0 Å². The molecule has 1 unspecified atom stereocenters. The molecular formula is C21H15F5O. The third-order valence-electron chi connectivity index (χ3n) is 4.39. The minimum atomic E-state index is -5.94. The Hall–Kier alpha value is -2.73. The van der Waals surface area contributed by atoms with Gasteiger partial charge in [-0.25, -0.2) is 0 Å². The summed E-state index contributed by atoms with van der Waals surface area (Å²) in [6.45, 7) is 0. The highest BCUT2D eigenvalue weighted by Crippen LogP contribution is 2.52. The lowest BCUT2D eigenvalue weighted by molar-refractivity contribution is -0.336. The molecule has 0 bridgehead atoms. The fourth-order valence-corrected chi connectivity index (χ4v) is 2.97. The van der Waals surface area contributed by atoms with Gasteiger partial charge >= 0.3 is 12.1 Å². The van der Waals surface area contributed by atoms with E-state index in [9.17, 15) is 27.1 Å². The zero-order valence-corrected chi connectivity index (χ0v) is 13.9. The van der Waals surface area contributed by atoms with Crippen LogP contribution in [0.15, 0.2) is 84.9 Å². The maximum atomic E-state index is 14.5. The van der Waals surface area contributed by atoms with Crippen LogP contribution in [0.1, 0.15) is 11.1 Å². The Morgan fingerprint density at radius 1 is 0.556 bits per heavy atom. The molecule has 140 valence electrons. The first-order valence-electron chi connectivity index (χ1n) is 8.06. The number of halogens is 5. The molecule has 0 saturated heterocycles. The van der Waals surface area contributed by atoms with Crippen LogP contribution in [0.4, 0.5) is 22.0 Å². The normalized spacial score (nSPS) is 14.6. The summed E-state index contributed by atoms with van der Waals surface area (Å²) < 4.78 is 68.7. The van der Waals surface area contributed by atoms with E-state index in [0.717, 1.165) is 24.3 Å². The van der Waals surface area contributed by atoms with Gasteiger partial charge in [-0.05, 0) is 28.3 Å². The van der Waals surface area contributed by atoms with Gasteiger partial charge in [-0.3, -0.25) is 0 Å². The molecule has 1 N–H and O–H groups in total. The van der Waals surface area contributed by atoms with Crippen LogP contribution >= 0.6 is 0 Å². The van der Waals surface area contributed by atoms with Crippen molar-refractivity contribution in [1.82, 2.24) is 0 Å². The minimum absolute atomic E-state index is 0.417. The maximum absolute atomic E-state index is 14.5. The molecule has 0 aromatic heterocycles. The lowest BCUT2D eigenvalue weighted by atomic mass is 9.79. The van der Waals surface area contributed by atoms with Crippen molar-refractivity contribution in [3.63, 3.8) is 0 Å². The van der Waals surface area contributed by atoms with Crippen molar-refractivity contribution < 1.29 is 27.1 Å². The van der Waals surface area contributed by atoms with E-state index >= 15 is 0 Å². The van der Waals surface area contributed by atoms with Crippen molar-refractivity contribution >= 4 is 0 Å². The van der Waals surface area contributed by atoms with Crippen LogP contribution in [-0.2, 0) is 5.60 Å². The van der Waals surface area contributed by atoms with Crippen molar-refractivity contribution in [2.75, 3.05) is 0 Å². The van der Waals surface area contributed by atoms with Crippen molar-refractivity contribution in [2.24, 2.45) is 0 Å². The van der Waals surface area contributed by atoms with E-state index in [-0.39, 0.29) is 0 Å². The number of rotatable bonds is 4. The molecule has 0 amide bonds. The summed E-state index contributed by atoms with van der Waals surface area (Å²) in [5.41, 5.74) is -3.61. The van der Waals surface area contributed by atoms with Crippen LogP contribution in [-0.4, -0.2) is 17.2 Å². The number of hydrogen-bond donors (Lipinski definition) is 1. The van der Waals surface area contributed by atoms with E-state index in [1.165, 1.54) is 24.3 Å². The molecule has 3 aromatic rings. The van der Waals surface area contributed by atoms with Crippen LogP contribution < -0.4 is 0 Å². The Kier molecular flexibility index (Phi) is 4.78. The van der Waals surface area contributed by atoms with Gasteiger partial charge < -0.3 is 5.11 Å². The number of benzene rings is 3. The van der Waals surface area contributed by atoms with E-state index in [4.69, 9.17) is 0 Å². The van der Waals surface area contributed by atoms with E-state index in [2.05, 4.69) is 0 Å². The molecular weight excluding hydrogens is 363 g/mol. The summed E-state index contributed by atoms with van der Waals surface area (Å²) in [5, 5.41) is 10.8. The average Bonchev–Trinajstić information content (AvgIpc) is 2.68. The third kappa shape index (κ3) is 3.21. The summed E-state index contributed by atoms with van der Waals surface area (Å²) in [7, 11) is 0. The standard InChI is InChI=1S/C21H15F5O/c22-20(23,21(24,25)26)19(27,17-11-5-2-6-12-17)18-13-7-10-16(14-18)15-8-3-1-4-9-15/h1-14,27H.